The van der Waals surface area contributed by atoms with Crippen LogP contribution >= 0.6 is 11.6 Å². The fraction of sp³-hybridized carbons (Fsp3) is 0.387. The topological polar surface area (TPSA) is 99.2 Å². The minimum Gasteiger partial charge on any atom is -0.488 e. The summed E-state index contributed by atoms with van der Waals surface area (Å²) in [6.45, 7) is 4.46. The number of ether oxygens (including phenoxy) is 1. The summed E-state index contributed by atoms with van der Waals surface area (Å²) < 4.78 is 74.0. The van der Waals surface area contributed by atoms with E-state index in [-0.39, 0.29) is 35.4 Å². The highest BCUT2D eigenvalue weighted by Gasteiger charge is 2.32. The molecular weight excluding hydrogens is 619 g/mol. The molecule has 0 spiro atoms. The van der Waals surface area contributed by atoms with Crippen molar-refractivity contribution in [2.24, 2.45) is 5.92 Å². The van der Waals surface area contributed by atoms with E-state index in [2.05, 4.69) is 4.72 Å². The summed E-state index contributed by atoms with van der Waals surface area (Å²) in [6, 6.07) is 15.0. The Kier molecular flexibility index (Phi) is 10.5. The normalized spacial score (nSPS) is 18.6. The molecule has 0 aromatic heterocycles. The number of hydrogen-bond acceptors (Lipinski definition) is 6. The summed E-state index contributed by atoms with van der Waals surface area (Å²) in [5.41, 5.74) is 0.678. The first kappa shape index (κ1) is 33.6. The molecule has 4 rings (SSSR count). The van der Waals surface area contributed by atoms with Crippen LogP contribution in [0.4, 0.5) is 18.9 Å². The molecule has 8 nitrogen and oxygen atoms in total. The fourth-order valence-corrected chi connectivity index (χ4v) is 6.20. The Morgan fingerprint density at radius 3 is 2.39 bits per heavy atom. The van der Waals surface area contributed by atoms with Crippen molar-refractivity contribution in [1.82, 2.24) is 9.80 Å². The zero-order chi connectivity index (χ0) is 32.2. The zero-order valence-corrected chi connectivity index (χ0v) is 26.1. The van der Waals surface area contributed by atoms with E-state index in [1.165, 1.54) is 36.4 Å². The van der Waals surface area contributed by atoms with E-state index in [0.717, 1.165) is 12.1 Å². The maximum absolute atomic E-state index is 13.5. The van der Waals surface area contributed by atoms with Gasteiger partial charge in [0, 0.05) is 41.8 Å². The Balaban J connectivity index is 1.60. The van der Waals surface area contributed by atoms with E-state index in [1.54, 1.807) is 30.0 Å². The lowest BCUT2D eigenvalue weighted by Gasteiger charge is -2.34. The van der Waals surface area contributed by atoms with Gasteiger partial charge in [-0.1, -0.05) is 30.7 Å². The third kappa shape index (κ3) is 8.44. The summed E-state index contributed by atoms with van der Waals surface area (Å²) in [5, 5.41) is 10.3. The number of alkyl halides is 3. The maximum atomic E-state index is 13.5. The second kappa shape index (κ2) is 13.8. The van der Waals surface area contributed by atoms with Crippen LogP contribution in [0, 0.1) is 5.92 Å². The van der Waals surface area contributed by atoms with Crippen molar-refractivity contribution >= 4 is 33.2 Å². The number of benzene rings is 3. The summed E-state index contributed by atoms with van der Waals surface area (Å²) >= 11 is 5.89. The number of carbonyl (C=O) groups is 1. The highest BCUT2D eigenvalue weighted by molar-refractivity contribution is 7.92. The van der Waals surface area contributed by atoms with E-state index in [9.17, 15) is 31.5 Å². The smallest absolute Gasteiger partial charge is 0.416 e. The van der Waals surface area contributed by atoms with Gasteiger partial charge in [0.05, 0.1) is 29.5 Å². The minimum atomic E-state index is -4.41. The number of aliphatic hydroxyl groups is 1. The summed E-state index contributed by atoms with van der Waals surface area (Å²) in [6.07, 6.45) is -4.95. The summed E-state index contributed by atoms with van der Waals surface area (Å²) in [7, 11) is -2.12. The van der Waals surface area contributed by atoms with Crippen molar-refractivity contribution in [3.63, 3.8) is 0 Å². The van der Waals surface area contributed by atoms with Crippen LogP contribution in [-0.4, -0.2) is 68.1 Å². The Hall–Kier alpha value is -3.32. The van der Waals surface area contributed by atoms with Crippen LogP contribution in [0.3, 0.4) is 0 Å². The molecule has 0 fully saturated rings. The predicted octanol–water partition coefficient (Wildman–Crippen LogP) is 5.44. The SMILES string of the molecule is C[C@H](CO)N1C[C@H](C)[C@@H](CN(C)Cc2ccc(C(F)(F)F)cc2)Oc2ccc(NS(=O)(=O)c3ccc(Cl)cc3)cc2CC1=O. The van der Waals surface area contributed by atoms with E-state index in [1.807, 2.05) is 18.9 Å². The van der Waals surface area contributed by atoms with Crippen molar-refractivity contribution in [3.8, 4) is 5.75 Å². The number of aliphatic hydroxyl groups excluding tert-OH is 1. The molecule has 2 N–H and O–H groups in total. The third-order valence-electron chi connectivity index (χ3n) is 7.52. The second-order valence-electron chi connectivity index (χ2n) is 11.2. The molecule has 0 unspecified atom stereocenters. The predicted molar refractivity (Wildman–Crippen MR) is 162 cm³/mol. The third-order valence-corrected chi connectivity index (χ3v) is 9.17. The standard InChI is InChI=1S/C31H35ClF3N3O5S/c1-20-16-38(21(2)19-39)30(40)15-23-14-26(36-44(41,42)27-11-8-25(32)9-12-27)10-13-28(23)43-29(20)18-37(3)17-22-4-6-24(7-5-22)31(33,34)35/h4-14,20-21,29,36,39H,15-19H2,1-3H3/t20-,21+,29+/m0/s1. The molecule has 1 aliphatic rings. The van der Waals surface area contributed by atoms with Crippen molar-refractivity contribution in [2.75, 3.05) is 31.5 Å². The van der Waals surface area contributed by atoms with Crippen molar-refractivity contribution < 1.29 is 36.2 Å². The van der Waals surface area contributed by atoms with E-state index < -0.39 is 33.9 Å². The molecule has 13 heteroatoms. The lowest BCUT2D eigenvalue weighted by atomic mass is 10.0. The number of likely N-dealkylation sites (N-methyl/N-ethyl adjacent to an activating group) is 1. The zero-order valence-electron chi connectivity index (χ0n) is 24.5. The molecule has 1 amide bonds. The molecule has 0 radical (unpaired) electrons. The maximum Gasteiger partial charge on any atom is 0.416 e. The number of sulfonamides is 1. The van der Waals surface area contributed by atoms with Gasteiger partial charge in [-0.05, 0) is 74.1 Å². The summed E-state index contributed by atoms with van der Waals surface area (Å²) in [4.78, 5) is 17.0. The van der Waals surface area contributed by atoms with Crippen LogP contribution in [0.2, 0.25) is 5.02 Å². The first-order valence-electron chi connectivity index (χ1n) is 14.0. The van der Waals surface area contributed by atoms with Gasteiger partial charge >= 0.3 is 6.18 Å². The average molecular weight is 654 g/mol. The van der Waals surface area contributed by atoms with Gasteiger partial charge in [-0.3, -0.25) is 14.4 Å². The Labute approximate surface area is 260 Å². The largest absolute Gasteiger partial charge is 0.488 e. The van der Waals surface area contributed by atoms with Crippen molar-refractivity contribution in [2.45, 2.75) is 50.0 Å². The van der Waals surface area contributed by atoms with Crippen LogP contribution in [0.25, 0.3) is 0 Å². The average Bonchev–Trinajstić information content (AvgIpc) is 3.00. The number of halogens is 4. The molecule has 0 saturated carbocycles. The molecule has 0 bridgehead atoms. The first-order valence-corrected chi connectivity index (χ1v) is 15.9. The van der Waals surface area contributed by atoms with Crippen LogP contribution in [0.1, 0.15) is 30.5 Å². The molecule has 3 atom stereocenters. The number of nitrogens with one attached hydrogen (secondary N) is 1. The van der Waals surface area contributed by atoms with E-state index in [0.29, 0.717) is 41.5 Å². The van der Waals surface area contributed by atoms with Gasteiger partial charge in [0.2, 0.25) is 5.91 Å². The molecule has 3 aromatic rings. The van der Waals surface area contributed by atoms with Crippen LogP contribution in [-0.2, 0) is 34.0 Å². The Morgan fingerprint density at radius 2 is 1.77 bits per heavy atom. The quantitative estimate of drug-likeness (QED) is 0.319. The number of hydrogen-bond donors (Lipinski definition) is 2. The highest BCUT2D eigenvalue weighted by Crippen LogP contribution is 2.31. The van der Waals surface area contributed by atoms with Gasteiger partial charge in [-0.25, -0.2) is 8.42 Å². The lowest BCUT2D eigenvalue weighted by Crippen LogP contribution is -2.47. The number of fused-ring (bicyclic) bond motifs is 1. The fourth-order valence-electron chi connectivity index (χ4n) is 5.02. The van der Waals surface area contributed by atoms with E-state index in [4.69, 9.17) is 16.3 Å². The number of anilines is 1. The van der Waals surface area contributed by atoms with Crippen LogP contribution in [0.15, 0.2) is 71.6 Å². The lowest BCUT2D eigenvalue weighted by molar-refractivity contribution is -0.137. The van der Waals surface area contributed by atoms with Gasteiger partial charge in [0.1, 0.15) is 11.9 Å². The minimum absolute atomic E-state index is 0.0192. The molecule has 3 aromatic carbocycles. The second-order valence-corrected chi connectivity index (χ2v) is 13.3. The molecule has 0 aliphatic carbocycles. The monoisotopic (exact) mass is 653 g/mol. The molecule has 0 saturated heterocycles. The van der Waals surface area contributed by atoms with Crippen LogP contribution < -0.4 is 9.46 Å². The van der Waals surface area contributed by atoms with Gasteiger partial charge in [0.25, 0.3) is 10.0 Å². The van der Waals surface area contributed by atoms with Gasteiger partial charge < -0.3 is 14.7 Å². The van der Waals surface area contributed by atoms with Gasteiger partial charge in [0.15, 0.2) is 0 Å². The number of rotatable bonds is 9. The van der Waals surface area contributed by atoms with Crippen molar-refractivity contribution in [1.29, 1.82) is 0 Å². The Morgan fingerprint density at radius 1 is 1.11 bits per heavy atom. The van der Waals surface area contributed by atoms with Crippen molar-refractivity contribution in [3.05, 3.63) is 88.4 Å². The van der Waals surface area contributed by atoms with Gasteiger partial charge in [-0.2, -0.15) is 13.2 Å². The number of amides is 1. The molecule has 1 heterocycles. The molecule has 1 aliphatic heterocycles. The molecule has 44 heavy (non-hydrogen) atoms. The number of carbonyl (C=O) groups excluding carboxylic acids is 1. The van der Waals surface area contributed by atoms with E-state index >= 15 is 0 Å². The highest BCUT2D eigenvalue weighted by atomic mass is 35.5. The van der Waals surface area contributed by atoms with Gasteiger partial charge in [-0.15, -0.1) is 0 Å². The molecule has 238 valence electrons. The first-order chi connectivity index (χ1) is 20.7. The molecular formula is C31H35ClF3N3O5S. The van der Waals surface area contributed by atoms with Crippen LogP contribution in [0.5, 0.6) is 5.75 Å². The summed E-state index contributed by atoms with van der Waals surface area (Å²) in [5.74, 6) is -0.0390. The number of nitrogens with zero attached hydrogens (tertiary/aromatic N) is 2. The Bertz CT molecular complexity index is 1550.